The van der Waals surface area contributed by atoms with E-state index >= 15 is 0 Å². The minimum Gasteiger partial charge on any atom is -0.490 e. The Bertz CT molecular complexity index is 373. The molecule has 1 atom stereocenters. The summed E-state index contributed by atoms with van der Waals surface area (Å²) in [7, 11) is 2.11. The topological polar surface area (TPSA) is 46.6 Å². The molecule has 0 aromatic carbocycles. The zero-order valence-corrected chi connectivity index (χ0v) is 11.1. The van der Waals surface area contributed by atoms with Crippen LogP contribution < -0.4 is 10.1 Å². The van der Waals surface area contributed by atoms with Crippen molar-refractivity contribution >= 4 is 5.82 Å². The highest BCUT2D eigenvalue weighted by Crippen LogP contribution is 2.20. The largest absolute Gasteiger partial charge is 0.490 e. The molecule has 1 aliphatic rings. The van der Waals surface area contributed by atoms with E-state index in [0.29, 0.717) is 6.61 Å². The van der Waals surface area contributed by atoms with Crippen molar-refractivity contribution in [3.8, 4) is 5.75 Å². The molecule has 2 rings (SSSR count). The van der Waals surface area contributed by atoms with Crippen LogP contribution in [0, 0.1) is 0 Å². The van der Waals surface area contributed by atoms with Crippen LogP contribution in [0.25, 0.3) is 0 Å². The molecule has 0 amide bonds. The van der Waals surface area contributed by atoms with Crippen molar-refractivity contribution in [2.75, 3.05) is 45.2 Å². The van der Waals surface area contributed by atoms with Gasteiger partial charge in [0.15, 0.2) is 11.6 Å². The van der Waals surface area contributed by atoms with Gasteiger partial charge in [-0.3, -0.25) is 0 Å². The maximum atomic E-state index is 5.70. The number of morpholine rings is 1. The minimum absolute atomic E-state index is 0.209. The monoisotopic (exact) mass is 251 g/mol. The molecule has 0 bridgehead atoms. The lowest BCUT2D eigenvalue weighted by molar-refractivity contribution is -0.0117. The van der Waals surface area contributed by atoms with Crippen molar-refractivity contribution in [2.45, 2.75) is 13.0 Å². The van der Waals surface area contributed by atoms with Gasteiger partial charge >= 0.3 is 0 Å². The smallest absolute Gasteiger partial charge is 0.168 e. The van der Waals surface area contributed by atoms with E-state index < -0.39 is 0 Å². The van der Waals surface area contributed by atoms with E-state index in [1.54, 1.807) is 6.20 Å². The van der Waals surface area contributed by atoms with Crippen molar-refractivity contribution < 1.29 is 9.47 Å². The minimum atomic E-state index is 0.209. The molecule has 1 aromatic heterocycles. The highest BCUT2D eigenvalue weighted by Gasteiger charge is 2.17. The average Bonchev–Trinajstić information content (AvgIpc) is 2.38. The first-order valence-electron chi connectivity index (χ1n) is 6.41. The summed E-state index contributed by atoms with van der Waals surface area (Å²) in [4.78, 5) is 6.57. The van der Waals surface area contributed by atoms with Gasteiger partial charge in [0, 0.05) is 25.8 Å². The molecule has 0 spiro atoms. The summed E-state index contributed by atoms with van der Waals surface area (Å²) in [5, 5.41) is 3.30. The molecule has 0 radical (unpaired) electrons. The number of ether oxygens (including phenoxy) is 2. The highest BCUT2D eigenvalue weighted by atomic mass is 16.5. The van der Waals surface area contributed by atoms with Gasteiger partial charge in [-0.05, 0) is 26.1 Å². The number of hydrogen-bond acceptors (Lipinski definition) is 5. The molecule has 1 aliphatic heterocycles. The van der Waals surface area contributed by atoms with Crippen LogP contribution in [0.5, 0.6) is 5.75 Å². The fraction of sp³-hybridized carbons (Fsp3) is 0.615. The lowest BCUT2D eigenvalue weighted by Crippen LogP contribution is -2.43. The third kappa shape index (κ3) is 3.58. The van der Waals surface area contributed by atoms with Gasteiger partial charge in [0.2, 0.25) is 0 Å². The molecule has 5 nitrogen and oxygen atoms in total. The van der Waals surface area contributed by atoms with Gasteiger partial charge in [0.25, 0.3) is 0 Å². The van der Waals surface area contributed by atoms with Gasteiger partial charge in [-0.15, -0.1) is 0 Å². The Morgan fingerprint density at radius 3 is 3.28 bits per heavy atom. The Kier molecular flexibility index (Phi) is 4.78. The summed E-state index contributed by atoms with van der Waals surface area (Å²) in [6.45, 7) is 6.11. The molecule has 1 saturated heterocycles. The second-order valence-corrected chi connectivity index (χ2v) is 4.42. The third-order valence-electron chi connectivity index (χ3n) is 2.91. The first-order valence-corrected chi connectivity index (χ1v) is 6.41. The molecule has 18 heavy (non-hydrogen) atoms. The molecular weight excluding hydrogens is 230 g/mol. The van der Waals surface area contributed by atoms with E-state index in [2.05, 4.69) is 22.2 Å². The second kappa shape index (κ2) is 6.56. The molecule has 0 aliphatic carbocycles. The molecule has 0 saturated carbocycles. The summed E-state index contributed by atoms with van der Waals surface area (Å²) in [6.07, 6.45) is 1.97. The summed E-state index contributed by atoms with van der Waals surface area (Å²) >= 11 is 0. The first kappa shape index (κ1) is 13.1. The highest BCUT2D eigenvalue weighted by molar-refractivity contribution is 5.49. The molecule has 1 fully saturated rings. The molecule has 100 valence electrons. The molecule has 1 aromatic rings. The fourth-order valence-corrected chi connectivity index (χ4v) is 2.00. The van der Waals surface area contributed by atoms with E-state index in [0.717, 1.165) is 37.8 Å². The van der Waals surface area contributed by atoms with E-state index in [1.807, 2.05) is 19.1 Å². The predicted octanol–water partition coefficient (Wildman–Crippen LogP) is 1.22. The van der Waals surface area contributed by atoms with Gasteiger partial charge in [0.05, 0.1) is 19.3 Å². The number of hydrogen-bond donors (Lipinski definition) is 1. The summed E-state index contributed by atoms with van der Waals surface area (Å²) in [5.41, 5.74) is 0. The van der Waals surface area contributed by atoms with Crippen molar-refractivity contribution in [2.24, 2.45) is 0 Å². The van der Waals surface area contributed by atoms with Crippen LogP contribution in [0.1, 0.15) is 6.92 Å². The number of anilines is 1. The van der Waals surface area contributed by atoms with Crippen molar-refractivity contribution in [1.82, 2.24) is 9.88 Å². The van der Waals surface area contributed by atoms with Gasteiger partial charge in [0.1, 0.15) is 0 Å². The van der Waals surface area contributed by atoms with Crippen LogP contribution in [0.2, 0.25) is 0 Å². The molecule has 2 heterocycles. The number of likely N-dealkylation sites (N-methyl/N-ethyl adjacent to an activating group) is 1. The third-order valence-corrected chi connectivity index (χ3v) is 2.91. The lowest BCUT2D eigenvalue weighted by Gasteiger charge is -2.30. The average molecular weight is 251 g/mol. The van der Waals surface area contributed by atoms with Gasteiger partial charge < -0.3 is 19.7 Å². The zero-order valence-electron chi connectivity index (χ0n) is 11.1. The normalized spacial score (nSPS) is 20.7. The Morgan fingerprint density at radius 2 is 2.50 bits per heavy atom. The van der Waals surface area contributed by atoms with E-state index in [-0.39, 0.29) is 6.10 Å². The second-order valence-electron chi connectivity index (χ2n) is 4.42. The fourth-order valence-electron chi connectivity index (χ4n) is 2.00. The lowest BCUT2D eigenvalue weighted by atomic mass is 10.3. The number of aromatic nitrogens is 1. The SMILES string of the molecule is CCOc1cccnc1NCC1CN(C)CCO1. The molecule has 5 heteroatoms. The number of pyridine rings is 1. The van der Waals surface area contributed by atoms with E-state index in [9.17, 15) is 0 Å². The zero-order chi connectivity index (χ0) is 12.8. The van der Waals surface area contributed by atoms with Crippen molar-refractivity contribution in [1.29, 1.82) is 0 Å². The summed E-state index contributed by atoms with van der Waals surface area (Å²) in [5.74, 6) is 1.58. The Hall–Kier alpha value is -1.33. The molecule has 1 unspecified atom stereocenters. The van der Waals surface area contributed by atoms with Gasteiger partial charge in [-0.25, -0.2) is 4.98 Å². The Balaban J connectivity index is 1.89. The summed E-state index contributed by atoms with van der Waals surface area (Å²) < 4.78 is 11.2. The van der Waals surface area contributed by atoms with Crippen LogP contribution in [-0.4, -0.2) is 55.9 Å². The van der Waals surface area contributed by atoms with Crippen molar-refractivity contribution in [3.63, 3.8) is 0 Å². The van der Waals surface area contributed by atoms with Crippen LogP contribution in [-0.2, 0) is 4.74 Å². The first-order chi connectivity index (χ1) is 8.79. The Morgan fingerprint density at radius 1 is 1.61 bits per heavy atom. The Labute approximate surface area is 108 Å². The van der Waals surface area contributed by atoms with Gasteiger partial charge in [-0.1, -0.05) is 0 Å². The van der Waals surface area contributed by atoms with E-state index in [1.165, 1.54) is 0 Å². The van der Waals surface area contributed by atoms with Crippen LogP contribution in [0.4, 0.5) is 5.82 Å². The van der Waals surface area contributed by atoms with Crippen LogP contribution in [0.15, 0.2) is 18.3 Å². The molecule has 1 N–H and O–H groups in total. The van der Waals surface area contributed by atoms with Crippen LogP contribution in [0.3, 0.4) is 0 Å². The summed E-state index contributed by atoms with van der Waals surface area (Å²) in [6, 6.07) is 3.80. The maximum absolute atomic E-state index is 5.70. The number of nitrogens with one attached hydrogen (secondary N) is 1. The van der Waals surface area contributed by atoms with E-state index in [4.69, 9.17) is 9.47 Å². The van der Waals surface area contributed by atoms with Gasteiger partial charge in [-0.2, -0.15) is 0 Å². The van der Waals surface area contributed by atoms with Crippen molar-refractivity contribution in [3.05, 3.63) is 18.3 Å². The van der Waals surface area contributed by atoms with Crippen LogP contribution >= 0.6 is 0 Å². The maximum Gasteiger partial charge on any atom is 0.168 e. The number of nitrogens with zero attached hydrogens (tertiary/aromatic N) is 2. The number of rotatable bonds is 5. The quantitative estimate of drug-likeness (QED) is 0.852. The standard InChI is InChI=1S/C13H21N3O2/c1-3-17-12-5-4-6-14-13(12)15-9-11-10-16(2)7-8-18-11/h4-6,11H,3,7-10H2,1-2H3,(H,14,15). The molecular formula is C13H21N3O2. The predicted molar refractivity (Wildman–Crippen MR) is 71.1 cm³/mol.